The smallest absolute Gasteiger partial charge is 0.389 e. The molecule has 3 nitrogen and oxygen atoms in total. The molecule has 0 aliphatic rings. The zero-order chi connectivity index (χ0) is 23.1. The number of benzene rings is 3. The fourth-order valence-corrected chi connectivity index (χ4v) is 3.66. The number of esters is 1. The van der Waals surface area contributed by atoms with Gasteiger partial charge in [-0.1, -0.05) is 49.7 Å². The topological polar surface area (TPSA) is 35.5 Å². The molecule has 0 bridgehead atoms. The molecule has 170 valence electrons. The van der Waals surface area contributed by atoms with Gasteiger partial charge in [-0.25, -0.2) is 4.79 Å². The van der Waals surface area contributed by atoms with Crippen molar-refractivity contribution in [1.29, 1.82) is 0 Å². The number of halogens is 3. The predicted octanol–water partition coefficient (Wildman–Crippen LogP) is 7.28. The maximum atomic E-state index is 13.0. The van der Waals surface area contributed by atoms with Gasteiger partial charge in [-0.2, -0.15) is 13.2 Å². The highest BCUT2D eigenvalue weighted by Gasteiger charge is 2.29. The van der Waals surface area contributed by atoms with Gasteiger partial charge in [0, 0.05) is 12.3 Å². The van der Waals surface area contributed by atoms with E-state index in [0.29, 0.717) is 12.2 Å². The molecule has 0 unspecified atom stereocenters. The molecule has 0 aliphatic carbocycles. The van der Waals surface area contributed by atoms with E-state index < -0.39 is 24.5 Å². The van der Waals surface area contributed by atoms with Crippen LogP contribution in [-0.4, -0.2) is 25.9 Å². The Morgan fingerprint density at radius 2 is 1.59 bits per heavy atom. The van der Waals surface area contributed by atoms with E-state index in [9.17, 15) is 18.0 Å². The van der Waals surface area contributed by atoms with Crippen molar-refractivity contribution in [3.63, 3.8) is 0 Å². The van der Waals surface area contributed by atoms with Crippen LogP contribution in [0.3, 0.4) is 0 Å². The molecule has 0 heterocycles. The minimum Gasteiger partial charge on any atom is -0.497 e. The van der Waals surface area contributed by atoms with Crippen LogP contribution in [0, 0.1) is 0 Å². The van der Waals surface area contributed by atoms with Crippen molar-refractivity contribution in [3.8, 4) is 5.75 Å². The van der Waals surface area contributed by atoms with Crippen LogP contribution in [0.15, 0.2) is 60.7 Å². The molecular weight excluding hydrogens is 417 g/mol. The SMILES string of the molecule is CCCCOC(=O)c1ccc([C@@H](CCC(F)(F)F)c2ccc3cc(OC)ccc3c2)cc1. The van der Waals surface area contributed by atoms with Crippen LogP contribution in [0.4, 0.5) is 13.2 Å². The summed E-state index contributed by atoms with van der Waals surface area (Å²) in [6, 6.07) is 18.0. The molecule has 0 saturated carbocycles. The van der Waals surface area contributed by atoms with Crippen LogP contribution in [0.25, 0.3) is 10.8 Å². The summed E-state index contributed by atoms with van der Waals surface area (Å²) < 4.78 is 49.5. The summed E-state index contributed by atoms with van der Waals surface area (Å²) in [6.07, 6.45) is -3.50. The van der Waals surface area contributed by atoms with E-state index in [2.05, 4.69) is 0 Å². The van der Waals surface area contributed by atoms with Crippen molar-refractivity contribution in [3.05, 3.63) is 77.4 Å². The number of rotatable bonds is 9. The standard InChI is InChI=1S/C26H27F3O3/c1-3-4-15-32-25(30)19-7-5-18(6-8-19)24(13-14-26(27,28)29)22-10-9-21-17-23(31-2)12-11-20(21)16-22/h5-12,16-17,24H,3-4,13-15H2,1-2H3/t24-/m1/s1. The van der Waals surface area contributed by atoms with Crippen molar-refractivity contribution < 1.29 is 27.4 Å². The van der Waals surface area contributed by atoms with Crippen LogP contribution >= 0.6 is 0 Å². The van der Waals surface area contributed by atoms with Crippen molar-refractivity contribution in [2.45, 2.75) is 44.7 Å². The summed E-state index contributed by atoms with van der Waals surface area (Å²) >= 11 is 0. The Labute approximate surface area is 186 Å². The van der Waals surface area contributed by atoms with Gasteiger partial charge in [-0.3, -0.25) is 0 Å². The van der Waals surface area contributed by atoms with Crippen molar-refractivity contribution >= 4 is 16.7 Å². The fraction of sp³-hybridized carbons (Fsp3) is 0.346. The molecule has 0 aromatic heterocycles. The molecule has 0 radical (unpaired) electrons. The Morgan fingerprint density at radius 1 is 0.938 bits per heavy atom. The van der Waals surface area contributed by atoms with E-state index >= 15 is 0 Å². The minimum atomic E-state index is -4.24. The number of ether oxygens (including phenoxy) is 2. The van der Waals surface area contributed by atoms with Gasteiger partial charge < -0.3 is 9.47 Å². The highest BCUT2D eigenvalue weighted by molar-refractivity contribution is 5.89. The van der Waals surface area contributed by atoms with Gasteiger partial charge in [0.2, 0.25) is 0 Å². The summed E-state index contributed by atoms with van der Waals surface area (Å²) in [5, 5.41) is 1.88. The molecule has 3 aromatic rings. The maximum Gasteiger partial charge on any atom is 0.389 e. The van der Waals surface area contributed by atoms with Gasteiger partial charge in [0.1, 0.15) is 5.75 Å². The molecule has 6 heteroatoms. The minimum absolute atomic E-state index is 0.0779. The first kappa shape index (κ1) is 23.6. The number of unbranched alkanes of at least 4 members (excludes halogenated alkanes) is 1. The van der Waals surface area contributed by atoms with Gasteiger partial charge >= 0.3 is 12.1 Å². The van der Waals surface area contributed by atoms with E-state index in [1.165, 1.54) is 0 Å². The molecule has 1 atom stereocenters. The summed E-state index contributed by atoms with van der Waals surface area (Å²) in [6.45, 7) is 2.36. The van der Waals surface area contributed by atoms with E-state index in [4.69, 9.17) is 9.47 Å². The molecular formula is C26H27F3O3. The fourth-order valence-electron chi connectivity index (χ4n) is 3.66. The Morgan fingerprint density at radius 3 is 2.25 bits per heavy atom. The maximum absolute atomic E-state index is 13.0. The lowest BCUT2D eigenvalue weighted by atomic mass is 9.86. The number of methoxy groups -OCH3 is 1. The first-order valence-corrected chi connectivity index (χ1v) is 10.7. The van der Waals surface area contributed by atoms with Gasteiger partial charge in [-0.05, 0) is 59.0 Å². The molecule has 3 rings (SSSR count). The zero-order valence-electron chi connectivity index (χ0n) is 18.2. The summed E-state index contributed by atoms with van der Waals surface area (Å²) in [7, 11) is 1.59. The number of fused-ring (bicyclic) bond motifs is 1. The van der Waals surface area contributed by atoms with E-state index in [0.717, 1.165) is 40.5 Å². The molecule has 0 aliphatic heterocycles. The predicted molar refractivity (Wildman–Crippen MR) is 119 cm³/mol. The van der Waals surface area contributed by atoms with E-state index in [1.807, 2.05) is 43.3 Å². The Bertz CT molecular complexity index is 1040. The second-order valence-electron chi connectivity index (χ2n) is 7.79. The Kier molecular flexibility index (Phi) is 7.78. The normalized spacial score (nSPS) is 12.5. The number of alkyl halides is 3. The van der Waals surface area contributed by atoms with Gasteiger partial charge in [0.15, 0.2) is 0 Å². The third-order valence-corrected chi connectivity index (χ3v) is 5.47. The molecule has 3 aromatic carbocycles. The van der Waals surface area contributed by atoms with Crippen molar-refractivity contribution in [2.24, 2.45) is 0 Å². The van der Waals surface area contributed by atoms with Crippen LogP contribution in [0.1, 0.15) is 60.0 Å². The number of hydrogen-bond acceptors (Lipinski definition) is 3. The van der Waals surface area contributed by atoms with Crippen molar-refractivity contribution in [2.75, 3.05) is 13.7 Å². The molecule has 0 amide bonds. The average molecular weight is 444 g/mol. The molecule has 0 N–H and O–H groups in total. The van der Waals surface area contributed by atoms with Gasteiger partial charge in [0.25, 0.3) is 0 Å². The van der Waals surface area contributed by atoms with Crippen LogP contribution in [0.5, 0.6) is 5.75 Å². The lowest BCUT2D eigenvalue weighted by molar-refractivity contribution is -0.135. The second-order valence-corrected chi connectivity index (χ2v) is 7.79. The van der Waals surface area contributed by atoms with E-state index in [1.54, 1.807) is 31.4 Å². The largest absolute Gasteiger partial charge is 0.497 e. The zero-order valence-corrected chi connectivity index (χ0v) is 18.2. The van der Waals surface area contributed by atoms with Crippen LogP contribution in [0.2, 0.25) is 0 Å². The lowest BCUT2D eigenvalue weighted by Gasteiger charge is -2.20. The number of carbonyl (C=O) groups is 1. The second kappa shape index (κ2) is 10.5. The third kappa shape index (κ3) is 6.25. The first-order chi connectivity index (χ1) is 15.3. The molecule has 0 saturated heterocycles. The highest BCUT2D eigenvalue weighted by atomic mass is 19.4. The van der Waals surface area contributed by atoms with Crippen LogP contribution < -0.4 is 4.74 Å². The highest BCUT2D eigenvalue weighted by Crippen LogP contribution is 2.35. The summed E-state index contributed by atoms with van der Waals surface area (Å²) in [4.78, 5) is 12.1. The summed E-state index contributed by atoms with van der Waals surface area (Å²) in [5.41, 5.74) is 1.92. The average Bonchev–Trinajstić information content (AvgIpc) is 2.78. The van der Waals surface area contributed by atoms with Gasteiger partial charge in [0.05, 0.1) is 19.3 Å². The quantitative estimate of drug-likeness (QED) is 0.257. The lowest BCUT2D eigenvalue weighted by Crippen LogP contribution is -2.12. The monoisotopic (exact) mass is 444 g/mol. The number of hydrogen-bond donors (Lipinski definition) is 0. The molecule has 0 fully saturated rings. The van der Waals surface area contributed by atoms with Crippen molar-refractivity contribution in [1.82, 2.24) is 0 Å². The van der Waals surface area contributed by atoms with Crippen LogP contribution in [-0.2, 0) is 4.74 Å². The Balaban J connectivity index is 1.89. The number of carbonyl (C=O) groups excluding carboxylic acids is 1. The first-order valence-electron chi connectivity index (χ1n) is 10.7. The van der Waals surface area contributed by atoms with E-state index in [-0.39, 0.29) is 6.42 Å². The van der Waals surface area contributed by atoms with Gasteiger partial charge in [-0.15, -0.1) is 0 Å². The Hall–Kier alpha value is -3.02. The summed E-state index contributed by atoms with van der Waals surface area (Å²) in [5.74, 6) is -0.148. The third-order valence-electron chi connectivity index (χ3n) is 5.47. The molecule has 32 heavy (non-hydrogen) atoms. The molecule has 0 spiro atoms.